The van der Waals surface area contributed by atoms with Crippen molar-refractivity contribution < 1.29 is 4.92 Å². The molecule has 3 aromatic carbocycles. The highest BCUT2D eigenvalue weighted by Crippen LogP contribution is 2.28. The third kappa shape index (κ3) is 4.57. The molecular formula is C27H20ClN3O2. The van der Waals surface area contributed by atoms with Gasteiger partial charge in [0.05, 0.1) is 16.6 Å². The minimum absolute atomic E-state index is 0.0732. The minimum Gasteiger partial charge on any atom is -0.318 e. The lowest BCUT2D eigenvalue weighted by molar-refractivity contribution is -0.384. The van der Waals surface area contributed by atoms with Crippen LogP contribution in [0.15, 0.2) is 78.9 Å². The molecule has 162 valence electrons. The van der Waals surface area contributed by atoms with Crippen molar-refractivity contribution in [1.29, 1.82) is 5.26 Å². The summed E-state index contributed by atoms with van der Waals surface area (Å²) >= 11 is 6.10. The second kappa shape index (κ2) is 9.15. The fourth-order valence-electron chi connectivity index (χ4n) is 3.90. The Balaban J connectivity index is 1.67. The maximum atomic E-state index is 10.9. The molecule has 0 aliphatic rings. The van der Waals surface area contributed by atoms with E-state index >= 15 is 0 Å². The monoisotopic (exact) mass is 453 g/mol. The molecule has 0 saturated carbocycles. The molecule has 0 spiro atoms. The zero-order valence-corrected chi connectivity index (χ0v) is 18.9. The number of allylic oxidation sites excluding steroid dienone is 1. The topological polar surface area (TPSA) is 71.9 Å². The fourth-order valence-corrected chi connectivity index (χ4v) is 4.09. The molecule has 6 heteroatoms. The smallest absolute Gasteiger partial charge is 0.269 e. The lowest BCUT2D eigenvalue weighted by atomic mass is 10.0. The molecule has 0 bridgehead atoms. The molecule has 0 fully saturated rings. The van der Waals surface area contributed by atoms with Crippen LogP contribution in [0.1, 0.15) is 22.5 Å². The molecule has 1 heterocycles. The van der Waals surface area contributed by atoms with Crippen molar-refractivity contribution in [2.75, 3.05) is 0 Å². The van der Waals surface area contributed by atoms with E-state index in [4.69, 9.17) is 11.6 Å². The van der Waals surface area contributed by atoms with Gasteiger partial charge in [-0.1, -0.05) is 35.9 Å². The number of nitro groups is 1. The van der Waals surface area contributed by atoms with Crippen molar-refractivity contribution in [3.8, 4) is 22.9 Å². The first-order valence-electron chi connectivity index (χ1n) is 10.3. The molecule has 0 aliphatic heterocycles. The summed E-state index contributed by atoms with van der Waals surface area (Å²) in [5.41, 5.74) is 7.31. The maximum Gasteiger partial charge on any atom is 0.269 e. The van der Waals surface area contributed by atoms with Gasteiger partial charge in [-0.2, -0.15) is 5.26 Å². The molecule has 0 saturated heterocycles. The van der Waals surface area contributed by atoms with E-state index in [2.05, 4.69) is 16.7 Å². The summed E-state index contributed by atoms with van der Waals surface area (Å²) in [6, 6.07) is 26.2. The van der Waals surface area contributed by atoms with Crippen LogP contribution in [0.2, 0.25) is 5.02 Å². The van der Waals surface area contributed by atoms with E-state index in [0.717, 1.165) is 39.3 Å². The first-order chi connectivity index (χ1) is 15.9. The highest BCUT2D eigenvalue weighted by molar-refractivity contribution is 6.30. The number of benzene rings is 3. The number of aryl methyl sites for hydroxylation is 1. The molecule has 0 radical (unpaired) electrons. The normalized spacial score (nSPS) is 11.3. The van der Waals surface area contributed by atoms with Gasteiger partial charge in [0.15, 0.2) is 0 Å². The van der Waals surface area contributed by atoms with Gasteiger partial charge < -0.3 is 4.57 Å². The van der Waals surface area contributed by atoms with Gasteiger partial charge in [0, 0.05) is 34.2 Å². The van der Waals surface area contributed by atoms with Gasteiger partial charge >= 0.3 is 0 Å². The number of rotatable bonds is 5. The molecule has 5 nitrogen and oxygen atoms in total. The van der Waals surface area contributed by atoms with Crippen LogP contribution in [0.25, 0.3) is 28.5 Å². The largest absolute Gasteiger partial charge is 0.318 e. The molecule has 0 atom stereocenters. The number of non-ortho nitro benzene ring substituents is 1. The zero-order valence-electron chi connectivity index (χ0n) is 18.1. The molecular weight excluding hydrogens is 434 g/mol. The molecule has 1 aromatic heterocycles. The van der Waals surface area contributed by atoms with Crippen molar-refractivity contribution in [3.63, 3.8) is 0 Å². The average Bonchev–Trinajstić information content (AvgIpc) is 3.10. The second-order valence-corrected chi connectivity index (χ2v) is 8.13. The summed E-state index contributed by atoms with van der Waals surface area (Å²) in [4.78, 5) is 10.5. The minimum atomic E-state index is -0.402. The summed E-state index contributed by atoms with van der Waals surface area (Å²) in [5.74, 6) is 0. The van der Waals surface area contributed by atoms with Crippen LogP contribution in [0.3, 0.4) is 0 Å². The molecule has 0 amide bonds. The van der Waals surface area contributed by atoms with Crippen LogP contribution >= 0.6 is 11.6 Å². The first-order valence-corrected chi connectivity index (χ1v) is 10.7. The first kappa shape index (κ1) is 22.1. The summed E-state index contributed by atoms with van der Waals surface area (Å²) in [6.07, 6.45) is 1.88. The van der Waals surface area contributed by atoms with Gasteiger partial charge in [0.25, 0.3) is 5.69 Å². The van der Waals surface area contributed by atoms with Crippen molar-refractivity contribution in [2.24, 2.45) is 0 Å². The van der Waals surface area contributed by atoms with Crippen LogP contribution < -0.4 is 0 Å². The third-order valence-corrected chi connectivity index (χ3v) is 5.80. The van der Waals surface area contributed by atoms with Gasteiger partial charge in [-0.15, -0.1) is 0 Å². The van der Waals surface area contributed by atoms with Gasteiger partial charge in [0.2, 0.25) is 0 Å². The van der Waals surface area contributed by atoms with E-state index in [-0.39, 0.29) is 5.69 Å². The molecule has 0 unspecified atom stereocenters. The lowest BCUT2D eigenvalue weighted by Gasteiger charge is -2.11. The average molecular weight is 454 g/mol. The number of nitro benzene ring substituents is 1. The summed E-state index contributed by atoms with van der Waals surface area (Å²) in [7, 11) is 0. The number of halogens is 1. The Morgan fingerprint density at radius 2 is 1.64 bits per heavy atom. The van der Waals surface area contributed by atoms with Crippen molar-refractivity contribution >= 4 is 28.9 Å². The lowest BCUT2D eigenvalue weighted by Crippen LogP contribution is -1.99. The zero-order chi connectivity index (χ0) is 23.5. The molecule has 4 rings (SSSR count). The maximum absolute atomic E-state index is 10.9. The standard InChI is InChI=1S/C27H20ClN3O2/c1-18-14-23(15-24(17-29)22-4-3-5-25(28)16-22)19(2)30(18)26-10-6-20(7-11-26)21-8-12-27(13-9-21)31(32)33/h3-16H,1-2H3/b24-15-. The molecule has 0 aliphatic carbocycles. The molecule has 33 heavy (non-hydrogen) atoms. The third-order valence-electron chi connectivity index (χ3n) is 5.56. The highest BCUT2D eigenvalue weighted by Gasteiger charge is 2.12. The van der Waals surface area contributed by atoms with Crippen LogP contribution in [-0.2, 0) is 0 Å². The number of nitriles is 1. The van der Waals surface area contributed by atoms with Crippen LogP contribution in [0.5, 0.6) is 0 Å². The summed E-state index contributed by atoms with van der Waals surface area (Å²) < 4.78 is 2.14. The predicted octanol–water partition coefficient (Wildman–Crippen LogP) is 7.39. The van der Waals surface area contributed by atoms with Gasteiger partial charge in [-0.3, -0.25) is 10.1 Å². The quantitative estimate of drug-likeness (QED) is 0.180. The van der Waals surface area contributed by atoms with Crippen molar-refractivity contribution in [1.82, 2.24) is 4.57 Å². The van der Waals surface area contributed by atoms with E-state index in [1.54, 1.807) is 24.3 Å². The Morgan fingerprint density at radius 1 is 1.00 bits per heavy atom. The van der Waals surface area contributed by atoms with Crippen LogP contribution in [0, 0.1) is 35.3 Å². The van der Waals surface area contributed by atoms with E-state index in [1.807, 2.05) is 56.3 Å². The van der Waals surface area contributed by atoms with E-state index in [9.17, 15) is 15.4 Å². The van der Waals surface area contributed by atoms with Crippen LogP contribution in [-0.4, -0.2) is 9.49 Å². The summed E-state index contributed by atoms with van der Waals surface area (Å²) in [6.45, 7) is 4.05. The van der Waals surface area contributed by atoms with Gasteiger partial charge in [-0.25, -0.2) is 0 Å². The van der Waals surface area contributed by atoms with E-state index in [1.165, 1.54) is 12.1 Å². The number of hydrogen-bond acceptors (Lipinski definition) is 3. The Hall–Kier alpha value is -4.14. The fraction of sp³-hybridized carbons (Fsp3) is 0.0741. The van der Waals surface area contributed by atoms with E-state index < -0.39 is 4.92 Å². The van der Waals surface area contributed by atoms with Crippen LogP contribution in [0.4, 0.5) is 5.69 Å². The Bertz CT molecular complexity index is 1410. The summed E-state index contributed by atoms with van der Waals surface area (Å²) in [5, 5.41) is 21.2. The second-order valence-electron chi connectivity index (χ2n) is 7.69. The Labute approximate surface area is 197 Å². The Kier molecular flexibility index (Phi) is 6.12. The number of nitrogens with zero attached hydrogens (tertiary/aromatic N) is 3. The highest BCUT2D eigenvalue weighted by atomic mass is 35.5. The van der Waals surface area contributed by atoms with Crippen molar-refractivity contribution in [3.05, 3.63) is 117 Å². The van der Waals surface area contributed by atoms with Crippen molar-refractivity contribution in [2.45, 2.75) is 13.8 Å². The van der Waals surface area contributed by atoms with Gasteiger partial charge in [0.1, 0.15) is 0 Å². The number of hydrogen-bond donors (Lipinski definition) is 0. The SMILES string of the molecule is Cc1cc(/C=C(/C#N)c2cccc(Cl)c2)c(C)n1-c1ccc(-c2ccc([N+](=O)[O-])cc2)cc1. The molecule has 4 aromatic rings. The molecule has 0 N–H and O–H groups in total. The van der Waals surface area contributed by atoms with Gasteiger partial charge in [-0.05, 0) is 84.6 Å². The predicted molar refractivity (Wildman–Crippen MR) is 132 cm³/mol. The number of aromatic nitrogens is 1. The Morgan fingerprint density at radius 3 is 2.21 bits per heavy atom. The van der Waals surface area contributed by atoms with E-state index in [0.29, 0.717) is 10.6 Å².